The quantitative estimate of drug-likeness (QED) is 0.872. The summed E-state index contributed by atoms with van der Waals surface area (Å²) in [7, 11) is 4.02. The van der Waals surface area contributed by atoms with Crippen molar-refractivity contribution in [3.63, 3.8) is 0 Å². The molecule has 1 aliphatic heterocycles. The highest BCUT2D eigenvalue weighted by atomic mass is 16.5. The topological polar surface area (TPSA) is 32.7 Å². The highest BCUT2D eigenvalue weighted by Gasteiger charge is 2.23. The first-order valence-corrected chi connectivity index (χ1v) is 6.21. The molecule has 2 rings (SSSR count). The number of nitrogens with zero attached hydrogens (tertiary/aromatic N) is 1. The van der Waals surface area contributed by atoms with E-state index >= 15 is 0 Å². The Balaban J connectivity index is 2.12. The van der Waals surface area contributed by atoms with Crippen LogP contribution in [-0.4, -0.2) is 32.4 Å². The van der Waals surface area contributed by atoms with Gasteiger partial charge in [0.2, 0.25) is 0 Å². The fourth-order valence-electron chi connectivity index (χ4n) is 2.27. The molecule has 3 nitrogen and oxygen atoms in total. The summed E-state index contributed by atoms with van der Waals surface area (Å²) in [4.78, 5) is 2.05. The second-order valence-electron chi connectivity index (χ2n) is 4.91. The molecule has 1 aliphatic rings. The van der Waals surface area contributed by atoms with Crippen molar-refractivity contribution in [1.82, 2.24) is 0 Å². The predicted molar refractivity (Wildman–Crippen MR) is 69.3 cm³/mol. The second kappa shape index (κ2) is 5.52. The van der Waals surface area contributed by atoms with Crippen molar-refractivity contribution in [3.05, 3.63) is 29.8 Å². The fourth-order valence-corrected chi connectivity index (χ4v) is 2.27. The molecule has 0 amide bonds. The first kappa shape index (κ1) is 12.4. The van der Waals surface area contributed by atoms with E-state index in [4.69, 9.17) is 4.74 Å². The van der Waals surface area contributed by atoms with Gasteiger partial charge >= 0.3 is 0 Å². The van der Waals surface area contributed by atoms with Crippen molar-refractivity contribution in [2.75, 3.05) is 32.2 Å². The Bertz CT molecular complexity index is 359. The van der Waals surface area contributed by atoms with Gasteiger partial charge in [-0.1, -0.05) is 12.1 Å². The van der Waals surface area contributed by atoms with Gasteiger partial charge in [-0.3, -0.25) is 0 Å². The fraction of sp³-hybridized carbons (Fsp3) is 0.571. The molecule has 1 aromatic carbocycles. The number of anilines is 1. The van der Waals surface area contributed by atoms with Gasteiger partial charge in [0.15, 0.2) is 0 Å². The van der Waals surface area contributed by atoms with Gasteiger partial charge in [-0.05, 0) is 30.5 Å². The van der Waals surface area contributed by atoms with Crippen molar-refractivity contribution < 1.29 is 9.84 Å². The monoisotopic (exact) mass is 235 g/mol. The maximum absolute atomic E-state index is 10.4. The Labute approximate surface area is 103 Å². The highest BCUT2D eigenvalue weighted by Crippen LogP contribution is 2.30. The molecule has 1 heterocycles. The Kier molecular flexibility index (Phi) is 4.02. The summed E-state index contributed by atoms with van der Waals surface area (Å²) in [6.45, 7) is 1.51. The van der Waals surface area contributed by atoms with E-state index in [-0.39, 0.29) is 5.92 Å². The van der Waals surface area contributed by atoms with Crippen LogP contribution >= 0.6 is 0 Å². The zero-order chi connectivity index (χ0) is 12.3. The summed E-state index contributed by atoms with van der Waals surface area (Å²) in [5.41, 5.74) is 2.12. The maximum Gasteiger partial charge on any atom is 0.0840 e. The van der Waals surface area contributed by atoms with E-state index in [0.717, 1.165) is 30.7 Å². The first-order chi connectivity index (χ1) is 8.18. The number of aliphatic hydroxyl groups excluding tert-OH is 1. The lowest BCUT2D eigenvalue weighted by molar-refractivity contribution is -0.00995. The van der Waals surface area contributed by atoms with Crippen molar-refractivity contribution in [2.24, 2.45) is 5.92 Å². The average Bonchev–Trinajstić information content (AvgIpc) is 2.39. The summed E-state index contributed by atoms with van der Waals surface area (Å²) >= 11 is 0. The minimum absolute atomic E-state index is 0.237. The van der Waals surface area contributed by atoms with E-state index in [9.17, 15) is 5.11 Å². The molecule has 3 heteroatoms. The van der Waals surface area contributed by atoms with E-state index in [2.05, 4.69) is 6.07 Å². The Morgan fingerprint density at radius 1 is 1.41 bits per heavy atom. The average molecular weight is 235 g/mol. The Hall–Kier alpha value is -1.06. The van der Waals surface area contributed by atoms with E-state index in [1.165, 1.54) is 0 Å². The zero-order valence-electron chi connectivity index (χ0n) is 10.6. The lowest BCUT2D eigenvalue weighted by Crippen LogP contribution is -2.23. The third-order valence-corrected chi connectivity index (χ3v) is 3.37. The van der Waals surface area contributed by atoms with E-state index < -0.39 is 6.10 Å². The minimum Gasteiger partial charge on any atom is -0.388 e. The van der Waals surface area contributed by atoms with Crippen LogP contribution < -0.4 is 4.90 Å². The largest absolute Gasteiger partial charge is 0.388 e. The molecule has 1 N–H and O–H groups in total. The summed E-state index contributed by atoms with van der Waals surface area (Å²) in [6, 6.07) is 8.09. The second-order valence-corrected chi connectivity index (χ2v) is 4.91. The number of benzene rings is 1. The van der Waals surface area contributed by atoms with Crippen molar-refractivity contribution >= 4 is 5.69 Å². The number of hydrogen-bond acceptors (Lipinski definition) is 3. The number of ether oxygens (including phenoxy) is 1. The summed E-state index contributed by atoms with van der Waals surface area (Å²) < 4.78 is 5.43. The first-order valence-electron chi connectivity index (χ1n) is 6.21. The number of rotatable bonds is 3. The molecule has 1 saturated heterocycles. The molecule has 1 fully saturated rings. The van der Waals surface area contributed by atoms with Crippen molar-refractivity contribution in [1.29, 1.82) is 0 Å². The van der Waals surface area contributed by atoms with Gasteiger partial charge < -0.3 is 14.7 Å². The van der Waals surface area contributed by atoms with Crippen LogP contribution in [0.3, 0.4) is 0 Å². The molecule has 2 atom stereocenters. The van der Waals surface area contributed by atoms with Gasteiger partial charge in [-0.2, -0.15) is 0 Å². The van der Waals surface area contributed by atoms with Crippen LogP contribution in [0, 0.1) is 5.92 Å². The molecule has 94 valence electrons. The molecule has 2 unspecified atom stereocenters. The van der Waals surface area contributed by atoms with Gasteiger partial charge in [-0.15, -0.1) is 0 Å². The number of aliphatic hydroxyl groups is 1. The number of hydrogen-bond donors (Lipinski definition) is 1. The van der Waals surface area contributed by atoms with Crippen LogP contribution in [0.15, 0.2) is 24.3 Å². The van der Waals surface area contributed by atoms with Crippen LogP contribution in [0.5, 0.6) is 0 Å². The SMILES string of the molecule is CN(C)c1cccc(C(O)C2CCCOC2)c1. The molecule has 17 heavy (non-hydrogen) atoms. The van der Waals surface area contributed by atoms with Crippen LogP contribution in [0.25, 0.3) is 0 Å². The lowest BCUT2D eigenvalue weighted by atomic mass is 9.91. The summed E-state index contributed by atoms with van der Waals surface area (Å²) in [5, 5.41) is 10.4. The molecular weight excluding hydrogens is 214 g/mol. The predicted octanol–water partition coefficient (Wildman–Crippen LogP) is 2.21. The summed E-state index contributed by atoms with van der Waals surface area (Å²) in [5.74, 6) is 0.237. The smallest absolute Gasteiger partial charge is 0.0840 e. The standard InChI is InChI=1S/C14H21NO2/c1-15(2)13-7-3-5-11(9-13)14(16)12-6-4-8-17-10-12/h3,5,7,9,12,14,16H,4,6,8,10H2,1-2H3. The van der Waals surface area contributed by atoms with Gasteiger partial charge in [0.1, 0.15) is 0 Å². The molecule has 0 bridgehead atoms. The summed E-state index contributed by atoms with van der Waals surface area (Å²) in [6.07, 6.45) is 1.69. The van der Waals surface area contributed by atoms with Crippen LogP contribution in [0.4, 0.5) is 5.69 Å². The molecule has 0 radical (unpaired) electrons. The maximum atomic E-state index is 10.4. The van der Waals surface area contributed by atoms with Gasteiger partial charge in [0.05, 0.1) is 12.7 Å². The molecular formula is C14H21NO2. The Morgan fingerprint density at radius 2 is 2.24 bits per heavy atom. The van der Waals surface area contributed by atoms with E-state index in [1.807, 2.05) is 37.2 Å². The van der Waals surface area contributed by atoms with Crippen molar-refractivity contribution in [3.8, 4) is 0 Å². The highest BCUT2D eigenvalue weighted by molar-refractivity contribution is 5.47. The lowest BCUT2D eigenvalue weighted by Gasteiger charge is -2.27. The van der Waals surface area contributed by atoms with Gasteiger partial charge in [0, 0.05) is 32.3 Å². The van der Waals surface area contributed by atoms with Crippen LogP contribution in [0.1, 0.15) is 24.5 Å². The third kappa shape index (κ3) is 2.99. The minimum atomic E-state index is -0.407. The molecule has 0 spiro atoms. The molecule has 0 saturated carbocycles. The Morgan fingerprint density at radius 3 is 2.88 bits per heavy atom. The van der Waals surface area contributed by atoms with Gasteiger partial charge in [0.25, 0.3) is 0 Å². The van der Waals surface area contributed by atoms with Crippen LogP contribution in [0.2, 0.25) is 0 Å². The van der Waals surface area contributed by atoms with Crippen LogP contribution in [-0.2, 0) is 4.74 Å². The molecule has 1 aromatic rings. The third-order valence-electron chi connectivity index (χ3n) is 3.37. The molecule has 0 aliphatic carbocycles. The molecule has 0 aromatic heterocycles. The van der Waals surface area contributed by atoms with E-state index in [0.29, 0.717) is 6.61 Å². The van der Waals surface area contributed by atoms with Crippen molar-refractivity contribution in [2.45, 2.75) is 18.9 Å². The normalized spacial score (nSPS) is 22.2. The van der Waals surface area contributed by atoms with Gasteiger partial charge in [-0.25, -0.2) is 0 Å². The van der Waals surface area contributed by atoms with E-state index in [1.54, 1.807) is 0 Å². The zero-order valence-corrected chi connectivity index (χ0v) is 10.6.